The molecule has 0 radical (unpaired) electrons. The Morgan fingerprint density at radius 2 is 2.10 bits per heavy atom. The van der Waals surface area contributed by atoms with Crippen molar-refractivity contribution in [3.8, 4) is 0 Å². The van der Waals surface area contributed by atoms with E-state index in [1.807, 2.05) is 29.8 Å². The van der Waals surface area contributed by atoms with Gasteiger partial charge in [-0.3, -0.25) is 9.48 Å². The number of ether oxygens (including phenoxy) is 1. The molecular weight excluding hydrogens is 268 g/mol. The lowest BCUT2D eigenvalue weighted by molar-refractivity contribution is 0.112. The summed E-state index contributed by atoms with van der Waals surface area (Å²) in [5.41, 5.74) is 2.92. The van der Waals surface area contributed by atoms with E-state index in [2.05, 4.69) is 24.7 Å². The Balaban J connectivity index is 2.43. The first-order valence-electron chi connectivity index (χ1n) is 6.82. The Bertz CT molecular complexity index is 629. The number of carbonyl (C=O) groups excluding carboxylic acids is 1. The highest BCUT2D eigenvalue weighted by atomic mass is 28.3. The zero-order chi connectivity index (χ0) is 14.9. The molecule has 0 saturated heterocycles. The van der Waals surface area contributed by atoms with E-state index in [0.29, 0.717) is 5.56 Å². The second-order valence-electron chi connectivity index (χ2n) is 6.25. The second kappa shape index (κ2) is 5.50. The SMILES string of the molecule is COC(Cn1nc(C)c2cc(C=O)ccc21)[Si](C)(C)C. The summed E-state index contributed by atoms with van der Waals surface area (Å²) >= 11 is 0. The predicted octanol–water partition coefficient (Wildman–Crippen LogP) is 3.05. The molecule has 0 bridgehead atoms. The van der Waals surface area contributed by atoms with Crippen molar-refractivity contribution in [2.24, 2.45) is 0 Å². The molecule has 2 rings (SSSR count). The van der Waals surface area contributed by atoms with E-state index in [1.165, 1.54) is 0 Å². The van der Waals surface area contributed by atoms with Gasteiger partial charge in [0, 0.05) is 18.1 Å². The Morgan fingerprint density at radius 3 is 2.65 bits per heavy atom. The third-order valence-corrected chi connectivity index (χ3v) is 6.03. The highest BCUT2D eigenvalue weighted by Gasteiger charge is 2.27. The molecular formula is C15H22N2O2Si. The number of hydrogen-bond donors (Lipinski definition) is 0. The summed E-state index contributed by atoms with van der Waals surface area (Å²) in [6.07, 6.45) is 0.871. The van der Waals surface area contributed by atoms with Gasteiger partial charge in [0.25, 0.3) is 0 Å². The fourth-order valence-corrected chi connectivity index (χ4v) is 3.86. The van der Waals surface area contributed by atoms with Gasteiger partial charge < -0.3 is 4.74 Å². The van der Waals surface area contributed by atoms with Crippen molar-refractivity contribution < 1.29 is 9.53 Å². The number of aromatic nitrogens is 2. The van der Waals surface area contributed by atoms with Crippen LogP contribution in [-0.2, 0) is 11.3 Å². The molecule has 0 aliphatic heterocycles. The first-order valence-corrected chi connectivity index (χ1v) is 10.4. The van der Waals surface area contributed by atoms with Crippen LogP contribution in [0, 0.1) is 6.92 Å². The van der Waals surface area contributed by atoms with Crippen LogP contribution in [0.25, 0.3) is 10.9 Å². The van der Waals surface area contributed by atoms with Gasteiger partial charge in [0.15, 0.2) is 0 Å². The van der Waals surface area contributed by atoms with E-state index < -0.39 is 8.07 Å². The van der Waals surface area contributed by atoms with Gasteiger partial charge in [-0.05, 0) is 25.1 Å². The van der Waals surface area contributed by atoms with Gasteiger partial charge >= 0.3 is 0 Å². The summed E-state index contributed by atoms with van der Waals surface area (Å²) in [6, 6.07) is 5.71. The molecule has 1 atom stereocenters. The second-order valence-corrected chi connectivity index (χ2v) is 11.6. The van der Waals surface area contributed by atoms with Crippen molar-refractivity contribution in [1.29, 1.82) is 0 Å². The number of nitrogens with zero attached hydrogens (tertiary/aromatic N) is 2. The summed E-state index contributed by atoms with van der Waals surface area (Å²) in [5.74, 6) is 0. The lowest BCUT2D eigenvalue weighted by atomic mass is 10.1. The van der Waals surface area contributed by atoms with Gasteiger partial charge in [-0.2, -0.15) is 5.10 Å². The molecule has 1 unspecified atom stereocenters. The van der Waals surface area contributed by atoms with Crippen LogP contribution < -0.4 is 0 Å². The number of aryl methyl sites for hydroxylation is 1. The molecule has 0 N–H and O–H groups in total. The molecule has 0 amide bonds. The van der Waals surface area contributed by atoms with Crippen molar-refractivity contribution in [1.82, 2.24) is 9.78 Å². The summed E-state index contributed by atoms with van der Waals surface area (Å²) in [7, 11) is 0.365. The van der Waals surface area contributed by atoms with Crippen molar-refractivity contribution in [2.75, 3.05) is 7.11 Å². The topological polar surface area (TPSA) is 44.1 Å². The minimum absolute atomic E-state index is 0.218. The molecule has 0 saturated carbocycles. The quantitative estimate of drug-likeness (QED) is 0.628. The van der Waals surface area contributed by atoms with Crippen LogP contribution >= 0.6 is 0 Å². The first kappa shape index (κ1) is 14.9. The number of methoxy groups -OCH3 is 1. The fraction of sp³-hybridized carbons (Fsp3) is 0.467. The molecule has 1 aromatic carbocycles. The van der Waals surface area contributed by atoms with E-state index in [9.17, 15) is 4.79 Å². The van der Waals surface area contributed by atoms with Crippen LogP contribution in [0.2, 0.25) is 19.6 Å². The number of carbonyl (C=O) groups is 1. The standard InChI is InChI=1S/C15H22N2O2Si/c1-11-13-8-12(10-18)6-7-14(13)17(16-11)9-15(19-2)20(3,4)5/h6-8,10,15H,9H2,1-5H3. The number of benzene rings is 1. The third-order valence-electron chi connectivity index (χ3n) is 3.68. The van der Waals surface area contributed by atoms with Gasteiger partial charge in [-0.25, -0.2) is 0 Å². The summed E-state index contributed by atoms with van der Waals surface area (Å²) in [6.45, 7) is 9.62. The Kier molecular flexibility index (Phi) is 4.11. The molecule has 4 nitrogen and oxygen atoms in total. The molecule has 108 valence electrons. The monoisotopic (exact) mass is 290 g/mol. The van der Waals surface area contributed by atoms with Crippen molar-refractivity contribution >= 4 is 25.3 Å². The van der Waals surface area contributed by atoms with E-state index >= 15 is 0 Å². The van der Waals surface area contributed by atoms with Gasteiger partial charge in [-0.15, -0.1) is 0 Å². The normalized spacial score (nSPS) is 13.7. The lowest BCUT2D eigenvalue weighted by Gasteiger charge is -2.27. The molecule has 2 aromatic rings. The maximum absolute atomic E-state index is 10.9. The average Bonchev–Trinajstić information content (AvgIpc) is 2.70. The molecule has 0 fully saturated rings. The van der Waals surface area contributed by atoms with E-state index in [-0.39, 0.29) is 5.73 Å². The summed E-state index contributed by atoms with van der Waals surface area (Å²) in [5, 5.41) is 5.65. The third kappa shape index (κ3) is 2.83. The van der Waals surface area contributed by atoms with Crippen LogP contribution in [0.5, 0.6) is 0 Å². The molecule has 0 aliphatic carbocycles. The maximum atomic E-state index is 10.9. The minimum Gasteiger partial charge on any atom is -0.383 e. The van der Waals surface area contributed by atoms with Crippen LogP contribution in [0.4, 0.5) is 0 Å². The lowest BCUT2D eigenvalue weighted by Crippen LogP contribution is -2.42. The average molecular weight is 290 g/mol. The Morgan fingerprint density at radius 1 is 1.40 bits per heavy atom. The van der Waals surface area contributed by atoms with Crippen LogP contribution in [0.3, 0.4) is 0 Å². The molecule has 1 aromatic heterocycles. The van der Waals surface area contributed by atoms with E-state index in [1.54, 1.807) is 7.11 Å². The van der Waals surface area contributed by atoms with Gasteiger partial charge in [0.1, 0.15) is 6.29 Å². The smallest absolute Gasteiger partial charge is 0.150 e. The van der Waals surface area contributed by atoms with Crippen LogP contribution in [-0.4, -0.2) is 37.0 Å². The highest BCUT2D eigenvalue weighted by molar-refractivity contribution is 6.77. The van der Waals surface area contributed by atoms with E-state index in [0.717, 1.165) is 29.4 Å². The van der Waals surface area contributed by atoms with Gasteiger partial charge in [-0.1, -0.05) is 19.6 Å². The predicted molar refractivity (Wildman–Crippen MR) is 84.0 cm³/mol. The fourth-order valence-electron chi connectivity index (χ4n) is 2.43. The molecule has 0 aliphatic rings. The zero-order valence-corrected chi connectivity index (χ0v) is 13.8. The number of fused-ring (bicyclic) bond motifs is 1. The van der Waals surface area contributed by atoms with Crippen molar-refractivity contribution in [2.45, 2.75) is 38.8 Å². The molecule has 20 heavy (non-hydrogen) atoms. The largest absolute Gasteiger partial charge is 0.383 e. The van der Waals surface area contributed by atoms with Gasteiger partial charge in [0.2, 0.25) is 0 Å². The zero-order valence-electron chi connectivity index (χ0n) is 12.8. The van der Waals surface area contributed by atoms with Crippen LogP contribution in [0.1, 0.15) is 16.1 Å². The number of aldehydes is 1. The van der Waals surface area contributed by atoms with E-state index in [4.69, 9.17) is 4.74 Å². The first-order chi connectivity index (χ1) is 9.36. The highest BCUT2D eigenvalue weighted by Crippen LogP contribution is 2.21. The Labute approximate surface area is 120 Å². The van der Waals surface area contributed by atoms with Crippen LogP contribution in [0.15, 0.2) is 18.2 Å². The maximum Gasteiger partial charge on any atom is 0.150 e. The molecule has 0 spiro atoms. The summed E-state index contributed by atoms with van der Waals surface area (Å²) in [4.78, 5) is 10.9. The Hall–Kier alpha value is -1.46. The van der Waals surface area contributed by atoms with Crippen molar-refractivity contribution in [3.05, 3.63) is 29.5 Å². The molecule has 5 heteroatoms. The number of rotatable bonds is 5. The van der Waals surface area contributed by atoms with Crippen molar-refractivity contribution in [3.63, 3.8) is 0 Å². The summed E-state index contributed by atoms with van der Waals surface area (Å²) < 4.78 is 7.67. The minimum atomic E-state index is -1.40. The van der Waals surface area contributed by atoms with Gasteiger partial charge in [0.05, 0.1) is 31.6 Å². The molecule has 1 heterocycles. The number of hydrogen-bond acceptors (Lipinski definition) is 3.